The van der Waals surface area contributed by atoms with E-state index in [4.69, 9.17) is 9.47 Å². The van der Waals surface area contributed by atoms with E-state index in [9.17, 15) is 9.59 Å². The molecule has 160 valence electrons. The standard InChI is InChI=1S/C23H29N3O4/c1-4-29-23(28)19-8-9-21(24-16-19)25-11-13-26(14-12-25)22(27)10-15-30-20-7-5-6-17(2)18(20)3/h5-9,16H,4,10-15H2,1-3H3. The van der Waals surface area contributed by atoms with Gasteiger partial charge in [0, 0.05) is 32.4 Å². The van der Waals surface area contributed by atoms with E-state index < -0.39 is 0 Å². The zero-order valence-electron chi connectivity index (χ0n) is 17.9. The summed E-state index contributed by atoms with van der Waals surface area (Å²) in [6.07, 6.45) is 1.90. The molecule has 0 N–H and O–H groups in total. The molecule has 1 aliphatic rings. The fraction of sp³-hybridized carbons (Fsp3) is 0.435. The molecule has 1 fully saturated rings. The first-order valence-corrected chi connectivity index (χ1v) is 10.3. The normalized spacial score (nSPS) is 13.8. The Kier molecular flexibility index (Phi) is 7.27. The minimum absolute atomic E-state index is 0.102. The van der Waals surface area contributed by atoms with E-state index in [1.165, 1.54) is 11.8 Å². The van der Waals surface area contributed by atoms with E-state index in [1.54, 1.807) is 13.0 Å². The van der Waals surface area contributed by atoms with Crippen molar-refractivity contribution in [3.8, 4) is 5.75 Å². The molecule has 1 aromatic carbocycles. The fourth-order valence-corrected chi connectivity index (χ4v) is 3.38. The minimum Gasteiger partial charge on any atom is -0.493 e. The first-order valence-electron chi connectivity index (χ1n) is 10.3. The van der Waals surface area contributed by atoms with E-state index in [0.29, 0.717) is 51.4 Å². The average molecular weight is 412 g/mol. The van der Waals surface area contributed by atoms with Gasteiger partial charge >= 0.3 is 5.97 Å². The van der Waals surface area contributed by atoms with Gasteiger partial charge in [-0.1, -0.05) is 12.1 Å². The SMILES string of the molecule is CCOC(=O)c1ccc(N2CCN(C(=O)CCOc3cccc(C)c3C)CC2)nc1. The number of amides is 1. The minimum atomic E-state index is -0.366. The summed E-state index contributed by atoms with van der Waals surface area (Å²) in [5, 5.41) is 0. The highest BCUT2D eigenvalue weighted by atomic mass is 16.5. The summed E-state index contributed by atoms with van der Waals surface area (Å²) in [5.74, 6) is 1.37. The van der Waals surface area contributed by atoms with Crippen molar-refractivity contribution in [2.45, 2.75) is 27.2 Å². The molecule has 2 aromatic rings. The van der Waals surface area contributed by atoms with Gasteiger partial charge in [0.1, 0.15) is 11.6 Å². The van der Waals surface area contributed by atoms with E-state index in [-0.39, 0.29) is 11.9 Å². The van der Waals surface area contributed by atoms with Crippen LogP contribution >= 0.6 is 0 Å². The van der Waals surface area contributed by atoms with Gasteiger partial charge in [0.25, 0.3) is 0 Å². The molecular weight excluding hydrogens is 382 g/mol. The number of ether oxygens (including phenoxy) is 2. The predicted molar refractivity (Wildman–Crippen MR) is 115 cm³/mol. The second-order valence-corrected chi connectivity index (χ2v) is 7.29. The second kappa shape index (κ2) is 10.1. The first-order chi connectivity index (χ1) is 14.5. The number of esters is 1. The Hall–Kier alpha value is -3.09. The number of anilines is 1. The number of pyridine rings is 1. The molecule has 0 aliphatic carbocycles. The lowest BCUT2D eigenvalue weighted by Crippen LogP contribution is -2.49. The number of piperazine rings is 1. The molecular formula is C23H29N3O4. The Morgan fingerprint density at radius 1 is 1.07 bits per heavy atom. The van der Waals surface area contributed by atoms with E-state index in [0.717, 1.165) is 17.1 Å². The molecule has 0 spiro atoms. The average Bonchev–Trinajstić information content (AvgIpc) is 2.77. The van der Waals surface area contributed by atoms with Crippen LogP contribution in [0, 0.1) is 13.8 Å². The smallest absolute Gasteiger partial charge is 0.339 e. The second-order valence-electron chi connectivity index (χ2n) is 7.29. The molecule has 7 nitrogen and oxygen atoms in total. The molecule has 1 aromatic heterocycles. The van der Waals surface area contributed by atoms with Crippen LogP contribution in [0.1, 0.15) is 34.8 Å². The van der Waals surface area contributed by atoms with Gasteiger partial charge in [0.15, 0.2) is 0 Å². The summed E-state index contributed by atoms with van der Waals surface area (Å²) < 4.78 is 10.8. The lowest BCUT2D eigenvalue weighted by molar-refractivity contribution is -0.132. The van der Waals surface area contributed by atoms with Crippen LogP contribution in [-0.2, 0) is 9.53 Å². The van der Waals surface area contributed by atoms with Crippen LogP contribution in [0.2, 0.25) is 0 Å². The van der Waals surface area contributed by atoms with Crippen LogP contribution in [0.25, 0.3) is 0 Å². The third-order valence-electron chi connectivity index (χ3n) is 5.34. The number of hydrogen-bond acceptors (Lipinski definition) is 6. The maximum Gasteiger partial charge on any atom is 0.339 e. The van der Waals surface area contributed by atoms with E-state index in [2.05, 4.69) is 9.88 Å². The fourth-order valence-electron chi connectivity index (χ4n) is 3.38. The summed E-state index contributed by atoms with van der Waals surface area (Å²) in [6, 6.07) is 9.49. The molecule has 0 radical (unpaired) electrons. The maximum absolute atomic E-state index is 12.5. The number of aryl methyl sites for hydroxylation is 1. The van der Waals surface area contributed by atoms with Crippen molar-refractivity contribution in [2.75, 3.05) is 44.3 Å². The molecule has 0 bridgehead atoms. The number of benzene rings is 1. The van der Waals surface area contributed by atoms with Gasteiger partial charge in [0.2, 0.25) is 5.91 Å². The van der Waals surface area contributed by atoms with Crippen LogP contribution in [-0.4, -0.2) is 61.2 Å². The van der Waals surface area contributed by atoms with Crippen molar-refractivity contribution >= 4 is 17.7 Å². The van der Waals surface area contributed by atoms with Crippen molar-refractivity contribution in [3.63, 3.8) is 0 Å². The third kappa shape index (κ3) is 5.28. The first kappa shape index (κ1) is 21.6. The molecule has 0 unspecified atom stereocenters. The number of hydrogen-bond donors (Lipinski definition) is 0. The van der Waals surface area contributed by atoms with Crippen LogP contribution in [0.5, 0.6) is 5.75 Å². The van der Waals surface area contributed by atoms with Crippen molar-refractivity contribution < 1.29 is 19.1 Å². The third-order valence-corrected chi connectivity index (χ3v) is 5.34. The van der Waals surface area contributed by atoms with Crippen molar-refractivity contribution in [1.82, 2.24) is 9.88 Å². The Bertz CT molecular complexity index is 875. The van der Waals surface area contributed by atoms with E-state index >= 15 is 0 Å². The van der Waals surface area contributed by atoms with Crippen molar-refractivity contribution in [2.24, 2.45) is 0 Å². The van der Waals surface area contributed by atoms with Gasteiger partial charge in [-0.3, -0.25) is 4.79 Å². The van der Waals surface area contributed by atoms with Gasteiger partial charge in [-0.2, -0.15) is 0 Å². The molecule has 3 rings (SSSR count). The topological polar surface area (TPSA) is 72.0 Å². The molecule has 7 heteroatoms. The Morgan fingerprint density at radius 3 is 2.50 bits per heavy atom. The highest BCUT2D eigenvalue weighted by Crippen LogP contribution is 2.21. The maximum atomic E-state index is 12.5. The Morgan fingerprint density at radius 2 is 1.83 bits per heavy atom. The summed E-state index contributed by atoms with van der Waals surface area (Å²) in [6.45, 7) is 9.26. The summed E-state index contributed by atoms with van der Waals surface area (Å²) in [7, 11) is 0. The number of rotatable bonds is 7. The Balaban J connectivity index is 1.45. The zero-order chi connectivity index (χ0) is 21.5. The zero-order valence-corrected chi connectivity index (χ0v) is 17.9. The monoisotopic (exact) mass is 411 g/mol. The van der Waals surface area contributed by atoms with Crippen LogP contribution < -0.4 is 9.64 Å². The molecule has 2 heterocycles. The van der Waals surface area contributed by atoms with Gasteiger partial charge in [0.05, 0.1) is 25.2 Å². The van der Waals surface area contributed by atoms with Gasteiger partial charge in [-0.15, -0.1) is 0 Å². The number of nitrogens with zero attached hydrogens (tertiary/aromatic N) is 3. The number of carbonyl (C=O) groups is 2. The van der Waals surface area contributed by atoms with Gasteiger partial charge in [-0.05, 0) is 50.1 Å². The summed E-state index contributed by atoms with van der Waals surface area (Å²) >= 11 is 0. The largest absolute Gasteiger partial charge is 0.493 e. The number of aromatic nitrogens is 1. The quantitative estimate of drug-likeness (QED) is 0.653. The van der Waals surface area contributed by atoms with Gasteiger partial charge < -0.3 is 19.3 Å². The van der Waals surface area contributed by atoms with Crippen molar-refractivity contribution in [3.05, 3.63) is 53.2 Å². The lowest BCUT2D eigenvalue weighted by atomic mass is 10.1. The lowest BCUT2D eigenvalue weighted by Gasteiger charge is -2.35. The molecule has 0 saturated carbocycles. The summed E-state index contributed by atoms with van der Waals surface area (Å²) in [5.41, 5.74) is 2.73. The highest BCUT2D eigenvalue weighted by molar-refractivity contribution is 5.89. The molecule has 1 saturated heterocycles. The Labute approximate surface area is 177 Å². The van der Waals surface area contributed by atoms with Gasteiger partial charge in [-0.25, -0.2) is 9.78 Å². The molecule has 1 amide bonds. The molecule has 0 atom stereocenters. The van der Waals surface area contributed by atoms with E-state index in [1.807, 2.05) is 43.0 Å². The van der Waals surface area contributed by atoms with Crippen LogP contribution in [0.3, 0.4) is 0 Å². The van der Waals surface area contributed by atoms with Crippen molar-refractivity contribution in [1.29, 1.82) is 0 Å². The molecule has 1 aliphatic heterocycles. The van der Waals surface area contributed by atoms with Crippen LogP contribution in [0.15, 0.2) is 36.5 Å². The highest BCUT2D eigenvalue weighted by Gasteiger charge is 2.22. The summed E-state index contributed by atoms with van der Waals surface area (Å²) in [4.78, 5) is 32.6. The predicted octanol–water partition coefficient (Wildman–Crippen LogP) is 2.99. The molecule has 30 heavy (non-hydrogen) atoms. The number of carbonyl (C=O) groups excluding carboxylic acids is 2. The van der Waals surface area contributed by atoms with Crippen LogP contribution in [0.4, 0.5) is 5.82 Å².